The first-order valence-corrected chi connectivity index (χ1v) is 21.0. The SMILES string of the molecule is N=C(/C=C(\Nn1c2ccccc2c2cc(-c3ccc4c(c3)c3ccccc3n4-c3ccc4c(c3)c3ccccc3n4-c3ccccc3)ccc21)c1ccccc1)c1ccccc1. The highest BCUT2D eigenvalue weighted by molar-refractivity contribution is 6.15. The normalized spacial score (nSPS) is 12.0. The van der Waals surface area contributed by atoms with Crippen LogP contribution in [-0.2, 0) is 0 Å². The third-order valence-corrected chi connectivity index (χ3v) is 12.3. The van der Waals surface area contributed by atoms with Crippen LogP contribution >= 0.6 is 0 Å². The molecule has 0 saturated heterocycles. The number of hydrogen-bond donors (Lipinski definition) is 2. The zero-order valence-corrected chi connectivity index (χ0v) is 33.7. The largest absolute Gasteiger partial charge is 0.309 e. The van der Waals surface area contributed by atoms with Crippen molar-refractivity contribution in [2.75, 3.05) is 5.43 Å². The summed E-state index contributed by atoms with van der Waals surface area (Å²) in [6.45, 7) is 0. The smallest absolute Gasteiger partial charge is 0.0710 e. The van der Waals surface area contributed by atoms with Gasteiger partial charge in [0.15, 0.2) is 0 Å². The first-order chi connectivity index (χ1) is 30.7. The van der Waals surface area contributed by atoms with Gasteiger partial charge in [0.05, 0.1) is 44.5 Å². The van der Waals surface area contributed by atoms with Crippen LogP contribution in [0.3, 0.4) is 0 Å². The van der Waals surface area contributed by atoms with Gasteiger partial charge in [-0.15, -0.1) is 0 Å². The van der Waals surface area contributed by atoms with Gasteiger partial charge in [-0.2, -0.15) is 0 Å². The number of allylic oxidation sites excluding steroid dienone is 1. The fourth-order valence-corrected chi connectivity index (χ4v) is 9.42. The van der Waals surface area contributed by atoms with Gasteiger partial charge in [0.2, 0.25) is 0 Å². The van der Waals surface area contributed by atoms with Crippen LogP contribution in [0.25, 0.3) is 93.6 Å². The molecule has 0 aliphatic heterocycles. The van der Waals surface area contributed by atoms with Gasteiger partial charge < -0.3 is 14.5 Å². The summed E-state index contributed by atoms with van der Waals surface area (Å²) >= 11 is 0. The molecule has 5 heteroatoms. The predicted octanol–water partition coefficient (Wildman–Crippen LogP) is 14.3. The molecule has 9 aromatic carbocycles. The van der Waals surface area contributed by atoms with Crippen LogP contribution in [-0.4, -0.2) is 19.5 Å². The van der Waals surface area contributed by atoms with Crippen molar-refractivity contribution < 1.29 is 0 Å². The van der Waals surface area contributed by atoms with E-state index in [1.807, 2.05) is 54.6 Å². The van der Waals surface area contributed by atoms with Gasteiger partial charge in [-0.3, -0.25) is 10.1 Å². The number of para-hydroxylation sites is 4. The number of benzene rings is 9. The summed E-state index contributed by atoms with van der Waals surface area (Å²) in [6, 6.07) is 77.4. The van der Waals surface area contributed by atoms with Gasteiger partial charge in [0, 0.05) is 43.7 Å². The Morgan fingerprint density at radius 3 is 1.40 bits per heavy atom. The molecular formula is C57H39N5. The number of nitrogens with one attached hydrogen (secondary N) is 2. The second-order valence-electron chi connectivity index (χ2n) is 15.9. The fraction of sp³-hybridized carbons (Fsp3) is 0. The number of nitrogens with zero attached hydrogens (tertiary/aromatic N) is 3. The molecule has 0 fully saturated rings. The van der Waals surface area contributed by atoms with Gasteiger partial charge >= 0.3 is 0 Å². The van der Waals surface area contributed by atoms with E-state index in [-0.39, 0.29) is 0 Å². The molecule has 12 aromatic rings. The summed E-state index contributed by atoms with van der Waals surface area (Å²) in [7, 11) is 0. The topological polar surface area (TPSA) is 50.7 Å². The Hall–Kier alpha value is -8.41. The van der Waals surface area contributed by atoms with Crippen molar-refractivity contribution in [3.8, 4) is 22.5 Å². The molecular weight excluding hydrogens is 755 g/mol. The van der Waals surface area contributed by atoms with Crippen molar-refractivity contribution in [2.45, 2.75) is 0 Å². The van der Waals surface area contributed by atoms with Gasteiger partial charge in [-0.25, -0.2) is 0 Å². The predicted molar refractivity (Wildman–Crippen MR) is 261 cm³/mol. The summed E-state index contributed by atoms with van der Waals surface area (Å²) < 4.78 is 6.95. The van der Waals surface area contributed by atoms with Gasteiger partial charge in [-0.05, 0) is 101 Å². The molecule has 3 heterocycles. The van der Waals surface area contributed by atoms with E-state index < -0.39 is 0 Å². The van der Waals surface area contributed by atoms with Crippen molar-refractivity contribution in [1.82, 2.24) is 13.8 Å². The van der Waals surface area contributed by atoms with Crippen LogP contribution in [0.1, 0.15) is 11.1 Å². The number of aromatic nitrogens is 3. The van der Waals surface area contributed by atoms with E-state index in [0.717, 1.165) is 61.1 Å². The molecule has 0 radical (unpaired) electrons. The van der Waals surface area contributed by atoms with E-state index in [9.17, 15) is 0 Å². The van der Waals surface area contributed by atoms with E-state index in [1.165, 1.54) is 43.6 Å². The molecule has 292 valence electrons. The van der Waals surface area contributed by atoms with E-state index in [4.69, 9.17) is 5.41 Å². The third-order valence-electron chi connectivity index (χ3n) is 12.3. The Morgan fingerprint density at radius 1 is 0.355 bits per heavy atom. The lowest BCUT2D eigenvalue weighted by Gasteiger charge is -2.16. The highest BCUT2D eigenvalue weighted by Gasteiger charge is 2.18. The average molecular weight is 794 g/mol. The minimum atomic E-state index is 0.438. The summed E-state index contributed by atoms with van der Waals surface area (Å²) in [5, 5.41) is 16.2. The molecule has 3 aromatic heterocycles. The Morgan fingerprint density at radius 2 is 0.774 bits per heavy atom. The van der Waals surface area contributed by atoms with Crippen LogP contribution in [0.15, 0.2) is 224 Å². The number of fused-ring (bicyclic) bond motifs is 9. The summed E-state index contributed by atoms with van der Waals surface area (Å²) in [6.07, 6.45) is 1.92. The Balaban J connectivity index is 0.977. The minimum Gasteiger partial charge on any atom is -0.309 e. The van der Waals surface area contributed by atoms with E-state index >= 15 is 0 Å². The second-order valence-corrected chi connectivity index (χ2v) is 15.9. The zero-order valence-electron chi connectivity index (χ0n) is 33.7. The van der Waals surface area contributed by atoms with Gasteiger partial charge in [0.1, 0.15) is 0 Å². The molecule has 0 atom stereocenters. The first-order valence-electron chi connectivity index (χ1n) is 21.0. The van der Waals surface area contributed by atoms with E-state index in [0.29, 0.717) is 5.71 Å². The Kier molecular flexibility index (Phi) is 8.25. The molecule has 0 unspecified atom stereocenters. The molecule has 0 aliphatic rings. The van der Waals surface area contributed by atoms with Crippen LogP contribution < -0.4 is 5.43 Å². The molecule has 62 heavy (non-hydrogen) atoms. The van der Waals surface area contributed by atoms with Crippen LogP contribution in [0, 0.1) is 5.41 Å². The van der Waals surface area contributed by atoms with E-state index in [1.54, 1.807) is 0 Å². The summed E-state index contributed by atoms with van der Waals surface area (Å²) in [5.41, 5.74) is 18.4. The van der Waals surface area contributed by atoms with Crippen LogP contribution in [0.2, 0.25) is 0 Å². The minimum absolute atomic E-state index is 0.438. The van der Waals surface area contributed by atoms with Crippen molar-refractivity contribution in [1.29, 1.82) is 5.41 Å². The second kappa shape index (κ2) is 14.4. The lowest BCUT2D eigenvalue weighted by molar-refractivity contribution is 1.06. The van der Waals surface area contributed by atoms with Gasteiger partial charge in [0.25, 0.3) is 0 Å². The molecule has 0 amide bonds. The molecule has 2 N–H and O–H groups in total. The molecule has 0 bridgehead atoms. The maximum atomic E-state index is 9.01. The summed E-state index contributed by atoms with van der Waals surface area (Å²) in [4.78, 5) is 0. The maximum absolute atomic E-state index is 9.01. The molecule has 12 rings (SSSR count). The van der Waals surface area contributed by atoms with Crippen LogP contribution in [0.4, 0.5) is 0 Å². The van der Waals surface area contributed by atoms with Crippen molar-refractivity contribution in [2.24, 2.45) is 0 Å². The zero-order chi connectivity index (χ0) is 41.1. The summed E-state index contributed by atoms with van der Waals surface area (Å²) in [5.74, 6) is 0. The fourth-order valence-electron chi connectivity index (χ4n) is 9.42. The lowest BCUT2D eigenvalue weighted by Crippen LogP contribution is -2.14. The molecule has 0 aliphatic carbocycles. The first kappa shape index (κ1) is 35.5. The standard InChI is InChI=1S/C57H39N5/c58-50(38-16-4-1-5-17-38)37-51(39-18-6-2-7-19-39)59-62-56-27-15-12-24-46(56)48-35-41(29-32-57(48)62)40-28-31-54-47(34-40)44-22-10-14-26-53(44)61(54)43-30-33-55-49(36-43)45-23-11-13-25-52(45)60(55)42-20-8-3-9-21-42/h1-37,58-59H/b51-37-,58-50?. The van der Waals surface area contributed by atoms with Gasteiger partial charge in [-0.1, -0.05) is 146 Å². The Bertz CT molecular complexity index is 3720. The lowest BCUT2D eigenvalue weighted by atomic mass is 10.0. The third kappa shape index (κ3) is 5.75. The van der Waals surface area contributed by atoms with Crippen molar-refractivity contribution >= 4 is 76.8 Å². The highest BCUT2D eigenvalue weighted by atomic mass is 15.4. The number of rotatable bonds is 8. The maximum Gasteiger partial charge on any atom is 0.0710 e. The monoisotopic (exact) mass is 793 g/mol. The number of hydrogen-bond acceptors (Lipinski definition) is 2. The van der Waals surface area contributed by atoms with Crippen LogP contribution in [0.5, 0.6) is 0 Å². The highest BCUT2D eigenvalue weighted by Crippen LogP contribution is 2.39. The Labute approximate surface area is 358 Å². The van der Waals surface area contributed by atoms with Crippen molar-refractivity contribution in [3.63, 3.8) is 0 Å². The average Bonchev–Trinajstić information content (AvgIpc) is 3.97. The van der Waals surface area contributed by atoms with Crippen molar-refractivity contribution in [3.05, 3.63) is 236 Å². The molecule has 0 saturated carbocycles. The van der Waals surface area contributed by atoms with E-state index in [2.05, 4.69) is 189 Å². The quantitative estimate of drug-likeness (QED) is 0.148. The molecule has 0 spiro atoms. The molecule has 5 nitrogen and oxygen atoms in total.